The van der Waals surface area contributed by atoms with E-state index in [1.807, 2.05) is 19.9 Å². The molecule has 1 unspecified atom stereocenters. The topological polar surface area (TPSA) is 38.1 Å². The lowest BCUT2D eigenvalue weighted by Crippen LogP contribution is -2.17. The minimum Gasteiger partial charge on any atom is -0.439 e. The van der Waals surface area contributed by atoms with Crippen LogP contribution in [0.25, 0.3) is 11.3 Å². The van der Waals surface area contributed by atoms with E-state index in [2.05, 4.69) is 10.3 Å². The first-order valence-corrected chi connectivity index (χ1v) is 6.07. The Hall–Kier alpha value is -1.68. The average Bonchev–Trinajstić information content (AvgIpc) is 2.82. The molecule has 0 amide bonds. The number of aryl methyl sites for hydroxylation is 1. The molecule has 18 heavy (non-hydrogen) atoms. The summed E-state index contributed by atoms with van der Waals surface area (Å²) in [5.74, 6) is 0.978. The van der Waals surface area contributed by atoms with Crippen LogP contribution in [0.4, 0.5) is 4.39 Å². The van der Waals surface area contributed by atoms with Crippen LogP contribution in [0.3, 0.4) is 0 Å². The van der Waals surface area contributed by atoms with E-state index >= 15 is 0 Å². The van der Waals surface area contributed by atoms with Crippen molar-refractivity contribution >= 4 is 0 Å². The molecule has 1 aromatic heterocycles. The van der Waals surface area contributed by atoms with Crippen molar-refractivity contribution < 1.29 is 8.81 Å². The number of oxazole rings is 1. The van der Waals surface area contributed by atoms with Crippen molar-refractivity contribution in [1.29, 1.82) is 0 Å². The number of nitrogens with zero attached hydrogens (tertiary/aromatic N) is 1. The zero-order valence-electron chi connectivity index (χ0n) is 10.8. The third-order valence-corrected chi connectivity index (χ3v) is 2.86. The highest BCUT2D eigenvalue weighted by Gasteiger charge is 2.12. The number of hydrogen-bond acceptors (Lipinski definition) is 3. The highest BCUT2D eigenvalue weighted by Crippen LogP contribution is 2.24. The molecule has 0 aliphatic heterocycles. The smallest absolute Gasteiger partial charge is 0.211 e. The predicted octanol–water partition coefficient (Wildman–Crippen LogP) is 3.46. The Balaban J connectivity index is 2.26. The number of halogens is 1. The number of rotatable bonds is 4. The van der Waals surface area contributed by atoms with Gasteiger partial charge >= 0.3 is 0 Å². The van der Waals surface area contributed by atoms with Crippen LogP contribution >= 0.6 is 0 Å². The lowest BCUT2D eigenvalue weighted by Gasteiger charge is -2.06. The van der Waals surface area contributed by atoms with Gasteiger partial charge in [-0.3, -0.25) is 0 Å². The highest BCUT2D eigenvalue weighted by atomic mass is 19.1. The normalized spacial score (nSPS) is 12.7. The summed E-state index contributed by atoms with van der Waals surface area (Å²) in [6.07, 6.45) is 1.63. The fourth-order valence-electron chi connectivity index (χ4n) is 1.76. The number of hydrogen-bond donors (Lipinski definition) is 1. The first kappa shape index (κ1) is 12.8. The molecule has 1 aromatic carbocycles. The van der Waals surface area contributed by atoms with Gasteiger partial charge in [0.05, 0.1) is 12.2 Å². The zero-order chi connectivity index (χ0) is 13.1. The van der Waals surface area contributed by atoms with Crippen LogP contribution in [-0.2, 0) is 0 Å². The van der Waals surface area contributed by atoms with Crippen molar-refractivity contribution in [2.45, 2.75) is 26.8 Å². The van der Waals surface area contributed by atoms with E-state index in [-0.39, 0.29) is 11.9 Å². The summed E-state index contributed by atoms with van der Waals surface area (Å²) in [4.78, 5) is 4.21. The summed E-state index contributed by atoms with van der Waals surface area (Å²) in [7, 11) is 0. The van der Waals surface area contributed by atoms with E-state index in [0.29, 0.717) is 22.8 Å². The summed E-state index contributed by atoms with van der Waals surface area (Å²) in [5, 5.41) is 3.22. The molecule has 1 N–H and O–H groups in total. The van der Waals surface area contributed by atoms with Gasteiger partial charge in [-0.05, 0) is 32.0 Å². The summed E-state index contributed by atoms with van der Waals surface area (Å²) >= 11 is 0. The second-order valence-corrected chi connectivity index (χ2v) is 4.31. The fraction of sp³-hybridized carbons (Fsp3) is 0.357. The Morgan fingerprint density at radius 1 is 1.44 bits per heavy atom. The molecule has 0 fully saturated rings. The molecule has 0 bridgehead atoms. The average molecular weight is 248 g/mol. The van der Waals surface area contributed by atoms with Crippen LogP contribution in [0, 0.1) is 12.7 Å². The van der Waals surface area contributed by atoms with Crippen molar-refractivity contribution in [3.63, 3.8) is 0 Å². The maximum Gasteiger partial charge on any atom is 0.211 e. The number of benzene rings is 1. The fourth-order valence-corrected chi connectivity index (χ4v) is 1.76. The summed E-state index contributed by atoms with van der Waals surface area (Å²) < 4.78 is 19.1. The minimum atomic E-state index is -0.231. The number of nitrogens with one attached hydrogen (secondary N) is 1. The molecule has 96 valence electrons. The van der Waals surface area contributed by atoms with Crippen molar-refractivity contribution in [3.8, 4) is 11.3 Å². The monoisotopic (exact) mass is 248 g/mol. The Morgan fingerprint density at radius 3 is 2.89 bits per heavy atom. The largest absolute Gasteiger partial charge is 0.439 e. The minimum absolute atomic E-state index is 0.0547. The molecule has 1 heterocycles. The molecular formula is C14H17FN2O. The lowest BCUT2D eigenvalue weighted by atomic mass is 10.1. The summed E-state index contributed by atoms with van der Waals surface area (Å²) in [6.45, 7) is 6.58. The second kappa shape index (κ2) is 5.31. The number of aromatic nitrogens is 1. The van der Waals surface area contributed by atoms with E-state index in [0.717, 1.165) is 6.54 Å². The lowest BCUT2D eigenvalue weighted by molar-refractivity contribution is 0.429. The third kappa shape index (κ3) is 2.59. The zero-order valence-corrected chi connectivity index (χ0v) is 10.8. The van der Waals surface area contributed by atoms with Gasteiger partial charge in [0, 0.05) is 5.56 Å². The van der Waals surface area contributed by atoms with Crippen molar-refractivity contribution in [1.82, 2.24) is 10.3 Å². The van der Waals surface area contributed by atoms with Crippen LogP contribution in [0.5, 0.6) is 0 Å². The first-order chi connectivity index (χ1) is 8.61. The summed E-state index contributed by atoms with van der Waals surface area (Å²) in [6, 6.07) is 5.10. The van der Waals surface area contributed by atoms with Crippen LogP contribution in [0.2, 0.25) is 0 Å². The van der Waals surface area contributed by atoms with Crippen molar-refractivity contribution in [3.05, 3.63) is 41.7 Å². The van der Waals surface area contributed by atoms with Crippen molar-refractivity contribution in [2.75, 3.05) is 6.54 Å². The summed E-state index contributed by atoms with van der Waals surface area (Å²) in [5.41, 5.74) is 1.33. The molecule has 0 saturated heterocycles. The van der Waals surface area contributed by atoms with Crippen LogP contribution in [0.1, 0.15) is 31.3 Å². The second-order valence-electron chi connectivity index (χ2n) is 4.31. The molecule has 0 spiro atoms. The molecule has 4 heteroatoms. The van der Waals surface area contributed by atoms with E-state index in [4.69, 9.17) is 4.42 Å². The Bertz CT molecular complexity index is 536. The highest BCUT2D eigenvalue weighted by molar-refractivity contribution is 5.57. The van der Waals surface area contributed by atoms with Crippen LogP contribution in [-0.4, -0.2) is 11.5 Å². The van der Waals surface area contributed by atoms with Crippen molar-refractivity contribution in [2.24, 2.45) is 0 Å². The third-order valence-electron chi connectivity index (χ3n) is 2.86. The molecule has 2 rings (SSSR count). The standard InChI is InChI=1S/C14H17FN2O/c1-4-16-10(3)14-17-8-13(18-14)11-6-5-9(2)12(15)7-11/h5-8,10,16H,4H2,1-3H3. The first-order valence-electron chi connectivity index (χ1n) is 6.07. The van der Waals surface area contributed by atoms with Gasteiger partial charge in [-0.1, -0.05) is 19.1 Å². The predicted molar refractivity (Wildman–Crippen MR) is 68.7 cm³/mol. The van der Waals surface area contributed by atoms with E-state index in [1.54, 1.807) is 19.2 Å². The van der Waals surface area contributed by atoms with Gasteiger partial charge in [-0.2, -0.15) is 0 Å². The Kier molecular flexibility index (Phi) is 3.77. The van der Waals surface area contributed by atoms with Crippen LogP contribution in [0.15, 0.2) is 28.8 Å². The quantitative estimate of drug-likeness (QED) is 0.900. The molecule has 3 nitrogen and oxygen atoms in total. The maximum atomic E-state index is 13.5. The van der Waals surface area contributed by atoms with Gasteiger partial charge in [-0.25, -0.2) is 9.37 Å². The van der Waals surface area contributed by atoms with E-state index in [9.17, 15) is 4.39 Å². The van der Waals surface area contributed by atoms with Gasteiger partial charge < -0.3 is 9.73 Å². The Morgan fingerprint density at radius 2 is 2.22 bits per heavy atom. The molecular weight excluding hydrogens is 231 g/mol. The van der Waals surface area contributed by atoms with E-state index < -0.39 is 0 Å². The SMILES string of the molecule is CCNC(C)c1ncc(-c2ccc(C)c(F)c2)o1. The molecule has 2 aromatic rings. The van der Waals surface area contributed by atoms with Crippen LogP contribution < -0.4 is 5.32 Å². The van der Waals surface area contributed by atoms with Gasteiger partial charge in [0.2, 0.25) is 5.89 Å². The molecule has 1 atom stereocenters. The van der Waals surface area contributed by atoms with Gasteiger partial charge in [0.25, 0.3) is 0 Å². The molecule has 0 saturated carbocycles. The van der Waals surface area contributed by atoms with Gasteiger partial charge in [-0.15, -0.1) is 0 Å². The molecule has 0 aliphatic carbocycles. The molecule has 0 radical (unpaired) electrons. The maximum absolute atomic E-state index is 13.5. The van der Waals surface area contributed by atoms with E-state index in [1.165, 1.54) is 6.07 Å². The van der Waals surface area contributed by atoms with Gasteiger partial charge in [0.15, 0.2) is 5.76 Å². The van der Waals surface area contributed by atoms with Gasteiger partial charge in [0.1, 0.15) is 5.82 Å². The molecule has 0 aliphatic rings. The Labute approximate surface area is 106 Å².